The molecule has 1 unspecified atom stereocenters. The molecule has 1 heterocycles. The smallest absolute Gasteiger partial charge is 0.336 e. The summed E-state index contributed by atoms with van der Waals surface area (Å²) < 4.78 is 37.6. The molecule has 2 N–H and O–H groups in total. The summed E-state index contributed by atoms with van der Waals surface area (Å²) in [5, 5.41) is 5.16. The van der Waals surface area contributed by atoms with Crippen molar-refractivity contribution in [2.24, 2.45) is 0 Å². The minimum atomic E-state index is -4.42. The van der Waals surface area contributed by atoms with Crippen molar-refractivity contribution in [2.45, 2.75) is 25.2 Å². The second-order valence-corrected chi connectivity index (χ2v) is 6.33. The summed E-state index contributed by atoms with van der Waals surface area (Å²) in [5.41, 5.74) is 0.457. The summed E-state index contributed by atoms with van der Waals surface area (Å²) >= 11 is 0. The number of hydrogen-bond donors (Lipinski definition) is 2. The first-order valence-corrected chi connectivity index (χ1v) is 8.38. The van der Waals surface area contributed by atoms with E-state index in [-0.39, 0.29) is 24.1 Å². The minimum absolute atomic E-state index is 0.0568. The summed E-state index contributed by atoms with van der Waals surface area (Å²) in [6.07, 6.45) is -4.24. The van der Waals surface area contributed by atoms with E-state index in [0.29, 0.717) is 13.1 Å². The van der Waals surface area contributed by atoms with Crippen molar-refractivity contribution < 1.29 is 22.8 Å². The molecule has 0 radical (unpaired) electrons. The van der Waals surface area contributed by atoms with Crippen LogP contribution in [0, 0.1) is 0 Å². The van der Waals surface area contributed by atoms with E-state index in [2.05, 4.69) is 10.6 Å². The predicted octanol–water partition coefficient (Wildman–Crippen LogP) is 3.63. The van der Waals surface area contributed by atoms with Gasteiger partial charge in [-0.25, -0.2) is 4.79 Å². The number of rotatable bonds is 4. The number of carbonyl (C=O) groups is 2. The molecule has 1 aliphatic heterocycles. The molecule has 0 saturated carbocycles. The number of halogens is 3. The van der Waals surface area contributed by atoms with Crippen LogP contribution in [0.5, 0.6) is 0 Å². The van der Waals surface area contributed by atoms with Crippen LogP contribution in [0.15, 0.2) is 54.6 Å². The maximum atomic E-state index is 12.5. The van der Waals surface area contributed by atoms with Crippen LogP contribution >= 0.6 is 0 Å². The molecule has 3 amide bonds. The van der Waals surface area contributed by atoms with E-state index in [1.807, 2.05) is 30.3 Å². The fourth-order valence-electron chi connectivity index (χ4n) is 2.92. The molecule has 27 heavy (non-hydrogen) atoms. The van der Waals surface area contributed by atoms with E-state index in [1.54, 1.807) is 4.90 Å². The van der Waals surface area contributed by atoms with Crippen molar-refractivity contribution in [3.05, 3.63) is 65.7 Å². The Morgan fingerprint density at radius 1 is 1.07 bits per heavy atom. The number of likely N-dealkylation sites (tertiary alicyclic amines) is 1. The Balaban J connectivity index is 1.52. The van der Waals surface area contributed by atoms with Gasteiger partial charge in [-0.3, -0.25) is 4.79 Å². The molecule has 1 saturated heterocycles. The molecule has 142 valence electrons. The zero-order chi connectivity index (χ0) is 19.4. The lowest BCUT2D eigenvalue weighted by atomic mass is 10.2. The molecular weight excluding hydrogens is 359 g/mol. The van der Waals surface area contributed by atoms with Gasteiger partial charge in [0, 0.05) is 25.2 Å². The molecule has 2 aromatic carbocycles. The Labute approximate surface area is 154 Å². The normalized spacial score (nSPS) is 17.1. The van der Waals surface area contributed by atoms with Gasteiger partial charge in [0.15, 0.2) is 0 Å². The highest BCUT2D eigenvalue weighted by Crippen LogP contribution is 2.29. The summed E-state index contributed by atoms with van der Waals surface area (Å²) in [4.78, 5) is 25.8. The molecule has 1 aliphatic rings. The van der Waals surface area contributed by atoms with E-state index in [0.717, 1.165) is 17.7 Å². The highest BCUT2D eigenvalue weighted by molar-refractivity contribution is 5.90. The van der Waals surface area contributed by atoms with Crippen LogP contribution in [0.1, 0.15) is 17.5 Å². The highest BCUT2D eigenvalue weighted by atomic mass is 19.4. The van der Waals surface area contributed by atoms with E-state index in [9.17, 15) is 22.8 Å². The number of hydrogen-bond acceptors (Lipinski definition) is 2. The van der Waals surface area contributed by atoms with Crippen LogP contribution in [0.25, 0.3) is 0 Å². The van der Waals surface area contributed by atoms with Gasteiger partial charge in [-0.2, -0.15) is 13.2 Å². The number of benzene rings is 2. The number of nitrogens with zero attached hydrogens (tertiary/aromatic N) is 1. The maximum Gasteiger partial charge on any atom is 0.416 e. The van der Waals surface area contributed by atoms with Gasteiger partial charge in [-0.05, 0) is 29.8 Å². The monoisotopic (exact) mass is 377 g/mol. The van der Waals surface area contributed by atoms with Gasteiger partial charge in [-0.15, -0.1) is 0 Å². The van der Waals surface area contributed by atoms with Crippen LogP contribution in [-0.2, 0) is 17.5 Å². The van der Waals surface area contributed by atoms with Crippen LogP contribution in [0.4, 0.5) is 23.7 Å². The van der Waals surface area contributed by atoms with Gasteiger partial charge in [0.25, 0.3) is 0 Å². The van der Waals surface area contributed by atoms with E-state index < -0.39 is 17.8 Å². The van der Waals surface area contributed by atoms with Crippen molar-refractivity contribution in [1.29, 1.82) is 0 Å². The number of urea groups is 1. The second-order valence-electron chi connectivity index (χ2n) is 6.33. The maximum absolute atomic E-state index is 12.5. The fourth-order valence-corrected chi connectivity index (χ4v) is 2.92. The first kappa shape index (κ1) is 18.8. The van der Waals surface area contributed by atoms with Crippen molar-refractivity contribution in [2.75, 3.05) is 11.9 Å². The largest absolute Gasteiger partial charge is 0.416 e. The summed E-state index contributed by atoms with van der Waals surface area (Å²) in [5.74, 6) is -0.0568. The van der Waals surface area contributed by atoms with Crippen LogP contribution in [-0.4, -0.2) is 29.4 Å². The SMILES string of the molecule is O=C(Nc1ccc(C(F)(F)F)cc1)NC1CC(=O)N(Cc2ccccc2)C1. The molecule has 0 aliphatic carbocycles. The predicted molar refractivity (Wildman–Crippen MR) is 93.9 cm³/mol. The van der Waals surface area contributed by atoms with E-state index in [4.69, 9.17) is 0 Å². The van der Waals surface area contributed by atoms with Crippen LogP contribution in [0.2, 0.25) is 0 Å². The van der Waals surface area contributed by atoms with Crippen molar-refractivity contribution in [1.82, 2.24) is 10.2 Å². The van der Waals surface area contributed by atoms with Crippen molar-refractivity contribution in [3.63, 3.8) is 0 Å². The van der Waals surface area contributed by atoms with Gasteiger partial charge >= 0.3 is 12.2 Å². The highest BCUT2D eigenvalue weighted by Gasteiger charge is 2.31. The average molecular weight is 377 g/mol. The lowest BCUT2D eigenvalue weighted by Gasteiger charge is -2.17. The molecule has 2 aromatic rings. The molecule has 1 fully saturated rings. The molecule has 0 bridgehead atoms. The van der Waals surface area contributed by atoms with Gasteiger partial charge in [0.2, 0.25) is 5.91 Å². The number of amides is 3. The molecule has 3 rings (SSSR count). The van der Waals surface area contributed by atoms with Gasteiger partial charge < -0.3 is 15.5 Å². The third-order valence-electron chi connectivity index (χ3n) is 4.24. The number of anilines is 1. The number of alkyl halides is 3. The summed E-state index contributed by atoms with van der Waals surface area (Å²) in [7, 11) is 0. The second kappa shape index (κ2) is 7.69. The first-order valence-electron chi connectivity index (χ1n) is 8.38. The fraction of sp³-hybridized carbons (Fsp3) is 0.263. The molecular formula is C19H18F3N3O2. The van der Waals surface area contributed by atoms with Crippen LogP contribution in [0.3, 0.4) is 0 Å². The summed E-state index contributed by atoms with van der Waals surface area (Å²) in [6, 6.07) is 12.8. The Bertz CT molecular complexity index is 807. The third-order valence-corrected chi connectivity index (χ3v) is 4.24. The number of carbonyl (C=O) groups excluding carboxylic acids is 2. The minimum Gasteiger partial charge on any atom is -0.336 e. The van der Waals surface area contributed by atoms with Gasteiger partial charge in [0.05, 0.1) is 11.6 Å². The van der Waals surface area contributed by atoms with E-state index in [1.165, 1.54) is 12.1 Å². The lowest BCUT2D eigenvalue weighted by molar-refractivity contribution is -0.137. The standard InChI is InChI=1S/C19H18F3N3O2/c20-19(21,22)14-6-8-15(9-7-14)23-18(27)24-16-10-17(26)25(12-16)11-13-4-2-1-3-5-13/h1-9,16H,10-12H2,(H2,23,24,27). The van der Waals surface area contributed by atoms with Crippen LogP contribution < -0.4 is 10.6 Å². The molecule has 5 nitrogen and oxygen atoms in total. The zero-order valence-corrected chi connectivity index (χ0v) is 14.3. The third kappa shape index (κ3) is 4.99. The quantitative estimate of drug-likeness (QED) is 0.855. The Morgan fingerprint density at radius 2 is 1.74 bits per heavy atom. The van der Waals surface area contributed by atoms with Gasteiger partial charge in [-0.1, -0.05) is 30.3 Å². The summed E-state index contributed by atoms with van der Waals surface area (Å²) in [6.45, 7) is 0.854. The lowest BCUT2D eigenvalue weighted by Crippen LogP contribution is -2.39. The topological polar surface area (TPSA) is 61.4 Å². The average Bonchev–Trinajstić information content (AvgIpc) is 2.94. The zero-order valence-electron chi connectivity index (χ0n) is 14.3. The molecule has 0 spiro atoms. The molecule has 8 heteroatoms. The Kier molecular flexibility index (Phi) is 5.34. The first-order chi connectivity index (χ1) is 12.8. The van der Waals surface area contributed by atoms with Crippen molar-refractivity contribution in [3.8, 4) is 0 Å². The Hall–Kier alpha value is -3.03. The van der Waals surface area contributed by atoms with Gasteiger partial charge in [0.1, 0.15) is 0 Å². The number of nitrogens with one attached hydrogen (secondary N) is 2. The van der Waals surface area contributed by atoms with Crippen molar-refractivity contribution >= 4 is 17.6 Å². The Morgan fingerprint density at radius 3 is 2.37 bits per heavy atom. The molecule has 1 atom stereocenters. The van der Waals surface area contributed by atoms with E-state index >= 15 is 0 Å². The molecule has 0 aromatic heterocycles.